The molecule has 2 amide bonds. The van der Waals surface area contributed by atoms with Gasteiger partial charge in [0.1, 0.15) is 12.6 Å². The van der Waals surface area contributed by atoms with Gasteiger partial charge in [-0.15, -0.1) is 0 Å². The number of benzene rings is 3. The van der Waals surface area contributed by atoms with E-state index in [2.05, 4.69) is 5.32 Å². The Kier molecular flexibility index (Phi) is 11.0. The Morgan fingerprint density at radius 1 is 0.955 bits per heavy atom. The van der Waals surface area contributed by atoms with E-state index in [1.165, 1.54) is 29.2 Å². The normalized spacial score (nSPS) is 14.9. The number of hydrogen-bond donors (Lipinski definition) is 1. The van der Waals surface area contributed by atoms with Crippen molar-refractivity contribution in [2.45, 2.75) is 68.6 Å². The molecule has 0 bridgehead atoms. The number of halogens is 4. The number of carbonyl (C=O) groups excluding carboxylic acids is 2. The molecule has 1 aliphatic carbocycles. The summed E-state index contributed by atoms with van der Waals surface area (Å²) in [5.74, 6) is -1.11. The summed E-state index contributed by atoms with van der Waals surface area (Å²) >= 11 is 5.82. The van der Waals surface area contributed by atoms with Crippen LogP contribution in [0.1, 0.15) is 50.2 Å². The first-order valence-electron chi connectivity index (χ1n) is 14.5. The van der Waals surface area contributed by atoms with Crippen LogP contribution >= 0.6 is 11.6 Å². The van der Waals surface area contributed by atoms with Crippen molar-refractivity contribution in [1.29, 1.82) is 0 Å². The molecule has 1 atom stereocenters. The highest BCUT2D eigenvalue weighted by molar-refractivity contribution is 7.92. The molecule has 0 aromatic heterocycles. The minimum Gasteiger partial charge on any atom is -0.352 e. The second-order valence-corrected chi connectivity index (χ2v) is 13.1. The molecule has 4 rings (SSSR count). The Labute approximate surface area is 261 Å². The van der Waals surface area contributed by atoms with Gasteiger partial charge in [-0.2, -0.15) is 13.2 Å². The van der Waals surface area contributed by atoms with Gasteiger partial charge >= 0.3 is 6.18 Å². The average Bonchev–Trinajstić information content (AvgIpc) is 3.01. The van der Waals surface area contributed by atoms with E-state index < -0.39 is 45.3 Å². The van der Waals surface area contributed by atoms with E-state index in [1.54, 1.807) is 13.0 Å². The van der Waals surface area contributed by atoms with E-state index in [-0.39, 0.29) is 29.1 Å². The van der Waals surface area contributed by atoms with Gasteiger partial charge in [-0.25, -0.2) is 8.42 Å². The van der Waals surface area contributed by atoms with Gasteiger partial charge < -0.3 is 10.2 Å². The molecule has 12 heteroatoms. The number of alkyl halides is 3. The van der Waals surface area contributed by atoms with Crippen LogP contribution in [-0.4, -0.2) is 50.3 Å². The molecule has 3 aromatic carbocycles. The zero-order chi connectivity index (χ0) is 31.9. The summed E-state index contributed by atoms with van der Waals surface area (Å²) in [6, 6.07) is 18.1. The number of nitrogens with one attached hydrogen (secondary N) is 1. The minimum absolute atomic E-state index is 0.0189. The van der Waals surface area contributed by atoms with Gasteiger partial charge in [0.15, 0.2) is 0 Å². The Bertz CT molecular complexity index is 1530. The number of hydrogen-bond acceptors (Lipinski definition) is 4. The summed E-state index contributed by atoms with van der Waals surface area (Å²) in [5.41, 5.74) is -0.730. The van der Waals surface area contributed by atoms with Gasteiger partial charge in [-0.3, -0.25) is 13.9 Å². The Morgan fingerprint density at radius 2 is 1.57 bits per heavy atom. The lowest BCUT2D eigenvalue weighted by Crippen LogP contribution is -2.53. The van der Waals surface area contributed by atoms with Crippen molar-refractivity contribution in [3.8, 4) is 0 Å². The molecule has 0 saturated heterocycles. The predicted molar refractivity (Wildman–Crippen MR) is 164 cm³/mol. The molecule has 0 heterocycles. The SMILES string of the molecule is C[C@@H](C(=O)NC1CCCCC1)N(CCc1ccccc1)C(=O)CN(c1ccc(Cl)c(C(F)(F)F)c1)S(=O)(=O)c1ccccc1. The zero-order valence-electron chi connectivity index (χ0n) is 24.3. The molecule has 1 fully saturated rings. The van der Waals surface area contributed by atoms with Gasteiger partial charge in [-0.1, -0.05) is 79.4 Å². The fraction of sp³-hybridized carbons (Fsp3) is 0.375. The summed E-state index contributed by atoms with van der Waals surface area (Å²) < 4.78 is 69.7. The van der Waals surface area contributed by atoms with Crippen LogP contribution in [0.15, 0.2) is 83.8 Å². The molecule has 0 spiro atoms. The third kappa shape index (κ3) is 8.32. The first-order valence-corrected chi connectivity index (χ1v) is 16.3. The lowest BCUT2D eigenvalue weighted by Gasteiger charge is -2.33. The largest absolute Gasteiger partial charge is 0.417 e. The van der Waals surface area contributed by atoms with E-state index in [1.807, 2.05) is 30.3 Å². The highest BCUT2D eigenvalue weighted by Crippen LogP contribution is 2.38. The highest BCUT2D eigenvalue weighted by atomic mass is 35.5. The van der Waals surface area contributed by atoms with Crippen LogP contribution in [0.2, 0.25) is 5.02 Å². The summed E-state index contributed by atoms with van der Waals surface area (Å²) in [6.07, 6.45) is 0.239. The van der Waals surface area contributed by atoms with E-state index >= 15 is 0 Å². The molecule has 1 aliphatic rings. The van der Waals surface area contributed by atoms with Gasteiger partial charge in [0, 0.05) is 12.6 Å². The number of amides is 2. The molecule has 3 aromatic rings. The third-order valence-electron chi connectivity index (χ3n) is 7.76. The third-order valence-corrected chi connectivity index (χ3v) is 9.87. The van der Waals surface area contributed by atoms with Crippen molar-refractivity contribution in [2.75, 3.05) is 17.4 Å². The van der Waals surface area contributed by atoms with Crippen LogP contribution in [0.5, 0.6) is 0 Å². The fourth-order valence-electron chi connectivity index (χ4n) is 5.27. The minimum atomic E-state index is -4.87. The molecule has 7 nitrogen and oxygen atoms in total. The number of rotatable bonds is 11. The number of sulfonamides is 1. The maximum atomic E-state index is 14.0. The molecule has 236 valence electrons. The quantitative estimate of drug-likeness (QED) is 0.258. The topological polar surface area (TPSA) is 86.8 Å². The molecule has 0 aliphatic heterocycles. The van der Waals surface area contributed by atoms with Crippen molar-refractivity contribution in [1.82, 2.24) is 10.2 Å². The van der Waals surface area contributed by atoms with Gasteiger partial charge in [0.2, 0.25) is 11.8 Å². The number of carbonyl (C=O) groups is 2. The van der Waals surface area contributed by atoms with Crippen molar-refractivity contribution in [3.63, 3.8) is 0 Å². The van der Waals surface area contributed by atoms with Crippen LogP contribution in [0.4, 0.5) is 18.9 Å². The lowest BCUT2D eigenvalue weighted by molar-refractivity contribution is -0.139. The molecular weight excluding hydrogens is 615 g/mol. The van der Waals surface area contributed by atoms with E-state index in [4.69, 9.17) is 11.6 Å². The maximum absolute atomic E-state index is 14.0. The molecular formula is C32H35ClF3N3O4S. The maximum Gasteiger partial charge on any atom is 0.417 e. The monoisotopic (exact) mass is 649 g/mol. The van der Waals surface area contributed by atoms with Crippen LogP contribution < -0.4 is 9.62 Å². The molecule has 44 heavy (non-hydrogen) atoms. The van der Waals surface area contributed by atoms with Gasteiger partial charge in [0.25, 0.3) is 10.0 Å². The average molecular weight is 650 g/mol. The molecule has 1 N–H and O–H groups in total. The first-order chi connectivity index (χ1) is 20.9. The van der Waals surface area contributed by atoms with Gasteiger partial charge in [-0.05, 0) is 62.1 Å². The zero-order valence-corrected chi connectivity index (χ0v) is 25.8. The van der Waals surface area contributed by atoms with Crippen LogP contribution in [0.3, 0.4) is 0 Å². The van der Waals surface area contributed by atoms with E-state index in [0.717, 1.165) is 49.8 Å². The first kappa shape index (κ1) is 33.3. The standard InChI is InChI=1S/C32H35ClF3N3O4S/c1-23(31(41)37-25-13-7-3-8-14-25)38(20-19-24-11-5-2-6-12-24)30(40)22-39(44(42,43)27-15-9-4-10-16-27)26-17-18-29(33)28(21-26)32(34,35)36/h2,4-6,9-12,15-18,21,23,25H,3,7-8,13-14,19-20,22H2,1H3,(H,37,41)/t23-/m0/s1. The Morgan fingerprint density at radius 3 is 2.18 bits per heavy atom. The van der Waals surface area contributed by atoms with Gasteiger partial charge in [0.05, 0.1) is 21.2 Å². The van der Waals surface area contributed by atoms with Crippen LogP contribution in [-0.2, 0) is 32.2 Å². The Hall–Kier alpha value is -3.57. The summed E-state index contributed by atoms with van der Waals surface area (Å²) in [7, 11) is -4.52. The van der Waals surface area contributed by atoms with Crippen LogP contribution in [0, 0.1) is 0 Å². The van der Waals surface area contributed by atoms with E-state index in [0.29, 0.717) is 16.8 Å². The summed E-state index contributed by atoms with van der Waals surface area (Å²) in [5, 5.41) is 2.41. The van der Waals surface area contributed by atoms with Crippen molar-refractivity contribution >= 4 is 39.1 Å². The lowest BCUT2D eigenvalue weighted by atomic mass is 9.95. The smallest absolute Gasteiger partial charge is 0.352 e. The summed E-state index contributed by atoms with van der Waals surface area (Å²) in [6.45, 7) is 0.808. The fourth-order valence-corrected chi connectivity index (χ4v) is 6.92. The van der Waals surface area contributed by atoms with Crippen molar-refractivity contribution < 1.29 is 31.2 Å². The van der Waals surface area contributed by atoms with Crippen molar-refractivity contribution in [2.24, 2.45) is 0 Å². The molecule has 0 radical (unpaired) electrons. The number of nitrogens with zero attached hydrogens (tertiary/aromatic N) is 2. The number of anilines is 1. The summed E-state index contributed by atoms with van der Waals surface area (Å²) in [4.78, 5) is 28.4. The van der Waals surface area contributed by atoms with Crippen LogP contribution in [0.25, 0.3) is 0 Å². The highest BCUT2D eigenvalue weighted by Gasteiger charge is 2.37. The predicted octanol–water partition coefficient (Wildman–Crippen LogP) is 6.46. The van der Waals surface area contributed by atoms with Crippen molar-refractivity contribution in [3.05, 3.63) is 95.0 Å². The molecule has 1 saturated carbocycles. The van der Waals surface area contributed by atoms with E-state index in [9.17, 15) is 31.2 Å². The molecule has 0 unspecified atom stereocenters. The Balaban J connectivity index is 1.70. The second kappa shape index (κ2) is 14.5. The second-order valence-electron chi connectivity index (χ2n) is 10.8.